The van der Waals surface area contributed by atoms with Gasteiger partial charge in [-0.25, -0.2) is 4.79 Å². The summed E-state index contributed by atoms with van der Waals surface area (Å²) in [6.45, 7) is 9.86. The van der Waals surface area contributed by atoms with Crippen LogP contribution >= 0.6 is 0 Å². The van der Waals surface area contributed by atoms with Gasteiger partial charge in [0.2, 0.25) is 5.91 Å². The van der Waals surface area contributed by atoms with Crippen molar-refractivity contribution in [2.75, 3.05) is 6.61 Å². The highest BCUT2D eigenvalue weighted by Gasteiger charge is 2.57. The number of aliphatic hydroxyl groups excluding tert-OH is 1. The molecule has 6 atom stereocenters. The Morgan fingerprint density at radius 1 is 1.29 bits per heavy atom. The molecule has 3 N–H and O–H groups in total. The molecule has 0 spiro atoms. The molecule has 1 aliphatic carbocycles. The number of benzene rings is 1. The highest BCUT2D eigenvalue weighted by molar-refractivity contribution is 5.91. The van der Waals surface area contributed by atoms with E-state index in [1.807, 2.05) is 37.3 Å². The third-order valence-electron chi connectivity index (χ3n) is 7.73. The van der Waals surface area contributed by atoms with Gasteiger partial charge >= 0.3 is 5.97 Å². The summed E-state index contributed by atoms with van der Waals surface area (Å²) in [6.07, 6.45) is 4.24. The van der Waals surface area contributed by atoms with Gasteiger partial charge in [0.1, 0.15) is 24.5 Å². The van der Waals surface area contributed by atoms with E-state index < -0.39 is 30.4 Å². The van der Waals surface area contributed by atoms with Gasteiger partial charge in [0, 0.05) is 18.4 Å². The summed E-state index contributed by atoms with van der Waals surface area (Å²) in [7, 11) is 0. The highest BCUT2D eigenvalue weighted by atomic mass is 16.7. The molecular weight excluding hydrogens is 432 g/mol. The maximum Gasteiger partial charge on any atom is 0.331 e. The lowest BCUT2D eigenvalue weighted by Crippen LogP contribution is -2.55. The third kappa shape index (κ3) is 5.70. The van der Waals surface area contributed by atoms with Crippen molar-refractivity contribution in [3.63, 3.8) is 0 Å². The molecule has 2 fully saturated rings. The van der Waals surface area contributed by atoms with Crippen LogP contribution in [0.4, 0.5) is 0 Å². The molecule has 34 heavy (non-hydrogen) atoms. The Bertz CT molecular complexity index is 871. The number of ether oxygens (including phenoxy) is 1. The van der Waals surface area contributed by atoms with Gasteiger partial charge in [-0.15, -0.1) is 0 Å². The molecule has 188 valence electrons. The minimum absolute atomic E-state index is 0.0123. The summed E-state index contributed by atoms with van der Waals surface area (Å²) < 4.78 is 6.31. The SMILES string of the molecule is CCC1CC[C@@H](C)[C@H]1[C@H](OC(=O)/C=C(\C)c1ccccc1)C1(C(C)C)C[C@@H](NC(=O)CO)NO1. The van der Waals surface area contributed by atoms with Crippen LogP contribution in [0.2, 0.25) is 0 Å². The lowest BCUT2D eigenvalue weighted by atomic mass is 9.71. The van der Waals surface area contributed by atoms with E-state index in [0.29, 0.717) is 18.3 Å². The van der Waals surface area contributed by atoms with Crippen molar-refractivity contribution in [2.24, 2.45) is 23.7 Å². The van der Waals surface area contributed by atoms with Crippen molar-refractivity contribution >= 4 is 17.4 Å². The molecule has 1 heterocycles. The number of allylic oxidation sites excluding steroid dienone is 1. The molecule has 1 aromatic rings. The van der Waals surface area contributed by atoms with E-state index in [-0.39, 0.29) is 17.8 Å². The molecule has 2 aliphatic rings. The topological polar surface area (TPSA) is 96.9 Å². The fourth-order valence-corrected chi connectivity index (χ4v) is 5.73. The fraction of sp³-hybridized carbons (Fsp3) is 0.630. The average Bonchev–Trinajstić information content (AvgIpc) is 3.42. The lowest BCUT2D eigenvalue weighted by molar-refractivity contribution is -0.198. The van der Waals surface area contributed by atoms with Gasteiger partial charge in [-0.05, 0) is 42.2 Å². The Morgan fingerprint density at radius 2 is 2.00 bits per heavy atom. The summed E-state index contributed by atoms with van der Waals surface area (Å²) >= 11 is 0. The quantitative estimate of drug-likeness (QED) is 0.373. The van der Waals surface area contributed by atoms with Crippen LogP contribution in [0.5, 0.6) is 0 Å². The molecule has 1 aromatic carbocycles. The minimum atomic E-state index is -0.811. The number of esters is 1. The van der Waals surface area contributed by atoms with Crippen molar-refractivity contribution < 1.29 is 24.3 Å². The molecule has 0 aromatic heterocycles. The second-order valence-electron chi connectivity index (χ2n) is 10.2. The Balaban J connectivity index is 1.93. The fourth-order valence-electron chi connectivity index (χ4n) is 5.73. The molecule has 7 heteroatoms. The van der Waals surface area contributed by atoms with Crippen LogP contribution in [0, 0.1) is 23.7 Å². The molecule has 2 unspecified atom stereocenters. The van der Waals surface area contributed by atoms with Crippen molar-refractivity contribution in [1.29, 1.82) is 0 Å². The van der Waals surface area contributed by atoms with Crippen LogP contribution in [0.25, 0.3) is 5.57 Å². The van der Waals surface area contributed by atoms with E-state index in [1.165, 1.54) is 0 Å². The molecule has 1 amide bonds. The van der Waals surface area contributed by atoms with Gasteiger partial charge in [-0.2, -0.15) is 5.48 Å². The summed E-state index contributed by atoms with van der Waals surface area (Å²) in [4.78, 5) is 31.3. The molecule has 0 radical (unpaired) electrons. The van der Waals surface area contributed by atoms with Crippen LogP contribution < -0.4 is 10.8 Å². The van der Waals surface area contributed by atoms with E-state index in [0.717, 1.165) is 30.4 Å². The van der Waals surface area contributed by atoms with Crippen LogP contribution in [0.3, 0.4) is 0 Å². The Hall–Kier alpha value is -2.22. The Morgan fingerprint density at radius 3 is 2.62 bits per heavy atom. The molecule has 7 nitrogen and oxygen atoms in total. The zero-order valence-electron chi connectivity index (χ0n) is 21.0. The van der Waals surface area contributed by atoms with Crippen LogP contribution in [0.15, 0.2) is 36.4 Å². The predicted octanol–water partition coefficient (Wildman–Crippen LogP) is 3.83. The number of carbonyl (C=O) groups excluding carboxylic acids is 2. The van der Waals surface area contributed by atoms with Crippen LogP contribution in [0.1, 0.15) is 65.9 Å². The first-order valence-corrected chi connectivity index (χ1v) is 12.5. The van der Waals surface area contributed by atoms with Gasteiger partial charge in [0.05, 0.1) is 0 Å². The van der Waals surface area contributed by atoms with Gasteiger partial charge in [-0.1, -0.05) is 70.9 Å². The van der Waals surface area contributed by atoms with E-state index in [1.54, 1.807) is 6.08 Å². The number of hydrogen-bond acceptors (Lipinski definition) is 6. The second-order valence-corrected chi connectivity index (χ2v) is 10.2. The standard InChI is InChI=1S/C27H40N2O5/c1-6-20-13-12-18(4)25(20)26(33-24(32)14-19(5)21-10-8-7-9-11-21)27(17(2)3)15-22(29-34-27)28-23(31)16-30/h7-11,14,17-18,20,22,25-26,29-30H,6,12-13,15-16H2,1-5H3,(H,28,31)/b19-14+/t18-,20?,22+,25-,26+,27?/m1/s1. The third-order valence-corrected chi connectivity index (χ3v) is 7.73. The maximum absolute atomic E-state index is 13.2. The number of carbonyl (C=O) groups is 2. The predicted molar refractivity (Wildman–Crippen MR) is 131 cm³/mol. The molecule has 1 aliphatic heterocycles. The normalized spacial score (nSPS) is 30.4. The summed E-state index contributed by atoms with van der Waals surface area (Å²) in [6, 6.07) is 9.77. The van der Waals surface area contributed by atoms with Crippen molar-refractivity contribution in [3.05, 3.63) is 42.0 Å². The summed E-state index contributed by atoms with van der Waals surface area (Å²) in [5, 5.41) is 11.9. The largest absolute Gasteiger partial charge is 0.456 e. The van der Waals surface area contributed by atoms with Gasteiger partial charge in [-0.3, -0.25) is 9.63 Å². The average molecular weight is 473 g/mol. The molecule has 1 saturated heterocycles. The number of aliphatic hydroxyl groups is 1. The number of hydrogen-bond donors (Lipinski definition) is 3. The minimum Gasteiger partial charge on any atom is -0.456 e. The second kappa shape index (κ2) is 11.5. The van der Waals surface area contributed by atoms with Gasteiger partial charge < -0.3 is 15.2 Å². The summed E-state index contributed by atoms with van der Waals surface area (Å²) in [5.74, 6) is 0.113. The van der Waals surface area contributed by atoms with Crippen molar-refractivity contribution in [1.82, 2.24) is 10.8 Å². The molecule has 3 rings (SSSR count). The molecule has 0 bridgehead atoms. The number of amides is 1. The van der Waals surface area contributed by atoms with Gasteiger partial charge in [0.15, 0.2) is 0 Å². The Kier molecular flexibility index (Phi) is 8.90. The van der Waals surface area contributed by atoms with E-state index in [2.05, 4.69) is 38.5 Å². The maximum atomic E-state index is 13.2. The van der Waals surface area contributed by atoms with E-state index in [4.69, 9.17) is 14.7 Å². The first-order chi connectivity index (χ1) is 16.2. The monoisotopic (exact) mass is 472 g/mol. The van der Waals surface area contributed by atoms with Crippen LogP contribution in [-0.2, 0) is 19.2 Å². The Labute approximate surface area is 203 Å². The van der Waals surface area contributed by atoms with Crippen LogP contribution in [-0.4, -0.2) is 41.5 Å². The molecular formula is C27H40N2O5. The number of rotatable bonds is 9. The van der Waals surface area contributed by atoms with Crippen molar-refractivity contribution in [3.8, 4) is 0 Å². The van der Waals surface area contributed by atoms with E-state index >= 15 is 0 Å². The molecule has 1 saturated carbocycles. The van der Waals surface area contributed by atoms with E-state index in [9.17, 15) is 9.59 Å². The summed E-state index contributed by atoms with van der Waals surface area (Å²) in [5.41, 5.74) is 3.94. The van der Waals surface area contributed by atoms with Gasteiger partial charge in [0.25, 0.3) is 0 Å². The zero-order chi connectivity index (χ0) is 24.9. The number of hydroxylamine groups is 1. The smallest absolute Gasteiger partial charge is 0.331 e. The highest BCUT2D eigenvalue weighted by Crippen LogP contribution is 2.49. The lowest BCUT2D eigenvalue weighted by Gasteiger charge is -2.44. The zero-order valence-corrected chi connectivity index (χ0v) is 21.0. The first-order valence-electron chi connectivity index (χ1n) is 12.5. The first kappa shape index (κ1) is 26.4. The number of nitrogens with one attached hydrogen (secondary N) is 2. The van der Waals surface area contributed by atoms with Crippen molar-refractivity contribution in [2.45, 2.75) is 78.2 Å².